The molecule has 5 heteroatoms. The van der Waals surface area contributed by atoms with Crippen LogP contribution >= 0.6 is 0 Å². The smallest absolute Gasteiger partial charge is 0.306 e. The summed E-state index contributed by atoms with van der Waals surface area (Å²) in [6, 6.07) is 6.14. The van der Waals surface area contributed by atoms with Crippen molar-refractivity contribution in [2.45, 2.75) is 39.7 Å². The molecule has 1 heterocycles. The maximum atomic E-state index is 12.2. The third-order valence-corrected chi connectivity index (χ3v) is 4.99. The van der Waals surface area contributed by atoms with Crippen LogP contribution in [0.2, 0.25) is 0 Å². The second-order valence-corrected chi connectivity index (χ2v) is 6.52. The Morgan fingerprint density at radius 2 is 2.00 bits per heavy atom. The Morgan fingerprint density at radius 3 is 2.70 bits per heavy atom. The first-order valence-electron chi connectivity index (χ1n) is 8.04. The fourth-order valence-corrected chi connectivity index (χ4v) is 3.40. The Hall–Kier alpha value is -2.30. The van der Waals surface area contributed by atoms with E-state index in [4.69, 9.17) is 5.11 Å². The van der Waals surface area contributed by atoms with E-state index in [1.165, 1.54) is 10.9 Å². The van der Waals surface area contributed by atoms with Gasteiger partial charge in [-0.25, -0.2) is 0 Å². The molecule has 0 radical (unpaired) electrons. The average molecular weight is 314 g/mol. The van der Waals surface area contributed by atoms with Crippen molar-refractivity contribution in [2.24, 2.45) is 11.8 Å². The highest BCUT2D eigenvalue weighted by molar-refractivity contribution is 5.85. The molecular weight excluding hydrogens is 292 g/mol. The predicted molar refractivity (Wildman–Crippen MR) is 88.1 cm³/mol. The number of H-pyrrole nitrogens is 1. The fourth-order valence-electron chi connectivity index (χ4n) is 3.40. The van der Waals surface area contributed by atoms with Crippen molar-refractivity contribution < 1.29 is 14.7 Å². The number of hydrogen-bond donors (Lipinski definition) is 3. The minimum Gasteiger partial charge on any atom is -0.481 e. The van der Waals surface area contributed by atoms with Crippen LogP contribution in [0.3, 0.4) is 0 Å². The van der Waals surface area contributed by atoms with Gasteiger partial charge in [-0.15, -0.1) is 0 Å². The zero-order chi connectivity index (χ0) is 16.6. The number of aryl methyl sites for hydroxylation is 2. The first-order valence-corrected chi connectivity index (χ1v) is 8.04. The molecule has 3 rings (SSSR count). The number of carboxylic acid groups (broad SMARTS) is 1. The van der Waals surface area contributed by atoms with Gasteiger partial charge in [0.25, 0.3) is 0 Å². The molecule has 1 aliphatic rings. The molecule has 0 spiro atoms. The van der Waals surface area contributed by atoms with Crippen LogP contribution in [0.15, 0.2) is 18.2 Å². The molecule has 1 fully saturated rings. The average Bonchev–Trinajstić information content (AvgIpc) is 3.12. The van der Waals surface area contributed by atoms with Crippen molar-refractivity contribution in [2.75, 3.05) is 0 Å². The number of fused-ring (bicyclic) bond motifs is 1. The van der Waals surface area contributed by atoms with Crippen LogP contribution in [0.25, 0.3) is 10.9 Å². The highest BCUT2D eigenvalue weighted by atomic mass is 16.4. The van der Waals surface area contributed by atoms with Crippen molar-refractivity contribution in [1.82, 2.24) is 10.3 Å². The Morgan fingerprint density at radius 1 is 1.26 bits per heavy atom. The van der Waals surface area contributed by atoms with Crippen molar-refractivity contribution in [3.05, 3.63) is 35.0 Å². The molecule has 1 aliphatic carbocycles. The highest BCUT2D eigenvalue weighted by Gasteiger charge is 2.33. The second kappa shape index (κ2) is 6.07. The summed E-state index contributed by atoms with van der Waals surface area (Å²) in [5.74, 6) is -1.36. The number of aromatic amines is 1. The van der Waals surface area contributed by atoms with Crippen molar-refractivity contribution >= 4 is 22.8 Å². The summed E-state index contributed by atoms with van der Waals surface area (Å²) in [5.41, 5.74) is 4.55. The van der Waals surface area contributed by atoms with E-state index in [2.05, 4.69) is 30.2 Å². The van der Waals surface area contributed by atoms with E-state index >= 15 is 0 Å². The molecular formula is C18H22N2O3. The molecule has 1 saturated carbocycles. The van der Waals surface area contributed by atoms with Crippen LogP contribution < -0.4 is 5.32 Å². The van der Waals surface area contributed by atoms with Crippen molar-refractivity contribution in [3.63, 3.8) is 0 Å². The zero-order valence-corrected chi connectivity index (χ0v) is 13.5. The van der Waals surface area contributed by atoms with Gasteiger partial charge in [-0.2, -0.15) is 0 Å². The van der Waals surface area contributed by atoms with E-state index in [0.717, 1.165) is 16.8 Å². The lowest BCUT2D eigenvalue weighted by Crippen LogP contribution is -2.29. The van der Waals surface area contributed by atoms with E-state index in [9.17, 15) is 9.59 Å². The van der Waals surface area contributed by atoms with Crippen molar-refractivity contribution in [1.29, 1.82) is 0 Å². The Labute approximate surface area is 135 Å². The number of hydrogen-bond acceptors (Lipinski definition) is 2. The zero-order valence-electron chi connectivity index (χ0n) is 13.5. The highest BCUT2D eigenvalue weighted by Crippen LogP contribution is 2.31. The molecule has 0 aliphatic heterocycles. The van der Waals surface area contributed by atoms with Gasteiger partial charge in [-0.1, -0.05) is 6.07 Å². The van der Waals surface area contributed by atoms with E-state index < -0.39 is 5.97 Å². The van der Waals surface area contributed by atoms with E-state index in [1.807, 2.05) is 12.1 Å². The van der Waals surface area contributed by atoms with Crippen LogP contribution in [0.5, 0.6) is 0 Å². The first kappa shape index (κ1) is 15.6. The molecule has 5 nitrogen and oxygen atoms in total. The summed E-state index contributed by atoms with van der Waals surface area (Å²) in [5, 5.41) is 13.1. The molecule has 0 bridgehead atoms. The first-order chi connectivity index (χ1) is 11.0. The number of amides is 1. The molecule has 3 N–H and O–H groups in total. The monoisotopic (exact) mass is 314 g/mol. The Bertz CT molecular complexity index is 763. The summed E-state index contributed by atoms with van der Waals surface area (Å²) in [6.45, 7) is 4.61. The normalized spacial score (nSPS) is 20.8. The molecule has 2 atom stereocenters. The van der Waals surface area contributed by atoms with Crippen LogP contribution in [0, 0.1) is 25.7 Å². The van der Waals surface area contributed by atoms with Gasteiger partial charge in [-0.3, -0.25) is 9.59 Å². The van der Waals surface area contributed by atoms with Crippen LogP contribution in [0.4, 0.5) is 0 Å². The lowest BCUT2D eigenvalue weighted by Gasteiger charge is -2.11. The van der Waals surface area contributed by atoms with Gasteiger partial charge in [0, 0.05) is 29.1 Å². The SMILES string of the molecule is Cc1[nH]c2ccc(CNC(=O)[C@@H]3CC[C@H](C(=O)O)C3)cc2c1C. The van der Waals surface area contributed by atoms with E-state index in [1.54, 1.807) is 0 Å². The number of carbonyl (C=O) groups is 2. The fraction of sp³-hybridized carbons (Fsp3) is 0.444. The second-order valence-electron chi connectivity index (χ2n) is 6.52. The van der Waals surface area contributed by atoms with Crippen LogP contribution in [0.1, 0.15) is 36.1 Å². The molecule has 2 aromatic rings. The van der Waals surface area contributed by atoms with Crippen LogP contribution in [-0.4, -0.2) is 22.0 Å². The topological polar surface area (TPSA) is 82.2 Å². The number of carbonyl (C=O) groups excluding carboxylic acids is 1. The number of benzene rings is 1. The van der Waals surface area contributed by atoms with Gasteiger partial charge in [0.1, 0.15) is 0 Å². The number of aliphatic carboxylic acids is 1. The maximum absolute atomic E-state index is 12.2. The van der Waals surface area contributed by atoms with Crippen LogP contribution in [-0.2, 0) is 16.1 Å². The standard InChI is InChI=1S/C18H22N2O3/c1-10-11(2)20-16-6-3-12(7-15(10)16)9-19-17(21)13-4-5-14(8-13)18(22)23/h3,6-7,13-14,20H,4-5,8-9H2,1-2H3,(H,19,21)(H,22,23)/t13-,14+/m1/s1. The lowest BCUT2D eigenvalue weighted by atomic mass is 10.0. The summed E-state index contributed by atoms with van der Waals surface area (Å²) in [7, 11) is 0. The quantitative estimate of drug-likeness (QED) is 0.811. The number of nitrogens with one attached hydrogen (secondary N) is 2. The van der Waals surface area contributed by atoms with E-state index in [-0.39, 0.29) is 17.7 Å². The molecule has 122 valence electrons. The number of rotatable bonds is 4. The van der Waals surface area contributed by atoms with Gasteiger partial charge in [-0.05, 0) is 56.4 Å². The summed E-state index contributed by atoms with van der Waals surface area (Å²) in [6.07, 6.45) is 1.72. The molecule has 23 heavy (non-hydrogen) atoms. The van der Waals surface area contributed by atoms with Gasteiger partial charge in [0.15, 0.2) is 0 Å². The van der Waals surface area contributed by atoms with Gasteiger partial charge in [0.05, 0.1) is 5.92 Å². The third kappa shape index (κ3) is 3.09. The van der Waals surface area contributed by atoms with Crippen molar-refractivity contribution in [3.8, 4) is 0 Å². The van der Waals surface area contributed by atoms with Gasteiger partial charge >= 0.3 is 5.97 Å². The maximum Gasteiger partial charge on any atom is 0.306 e. The number of carboxylic acids is 1. The summed E-state index contributed by atoms with van der Waals surface area (Å²) >= 11 is 0. The van der Waals surface area contributed by atoms with Gasteiger partial charge < -0.3 is 15.4 Å². The molecule has 0 unspecified atom stereocenters. The largest absolute Gasteiger partial charge is 0.481 e. The third-order valence-electron chi connectivity index (χ3n) is 4.99. The minimum atomic E-state index is -0.788. The number of aromatic nitrogens is 1. The Kier molecular flexibility index (Phi) is 4.11. The Balaban J connectivity index is 1.63. The van der Waals surface area contributed by atoms with Gasteiger partial charge in [0.2, 0.25) is 5.91 Å². The summed E-state index contributed by atoms with van der Waals surface area (Å²) < 4.78 is 0. The molecule has 1 aromatic heterocycles. The molecule has 1 aromatic carbocycles. The molecule has 1 amide bonds. The van der Waals surface area contributed by atoms with E-state index in [0.29, 0.717) is 25.8 Å². The predicted octanol–water partition coefficient (Wildman–Crippen LogP) is 2.90. The lowest BCUT2D eigenvalue weighted by molar-refractivity contribution is -0.141. The molecule has 0 saturated heterocycles. The minimum absolute atomic E-state index is 0.0316. The summed E-state index contributed by atoms with van der Waals surface area (Å²) in [4.78, 5) is 26.5.